The van der Waals surface area contributed by atoms with Crippen LogP contribution in [0.3, 0.4) is 0 Å². The molecular formula is C16H10O8S2. The van der Waals surface area contributed by atoms with Gasteiger partial charge in [0, 0.05) is 5.56 Å². The summed E-state index contributed by atoms with van der Waals surface area (Å²) in [5, 5.41) is 3.12. The second-order valence-electron chi connectivity index (χ2n) is 4.35. The van der Waals surface area contributed by atoms with Crippen LogP contribution in [0.1, 0.15) is 0 Å². The van der Waals surface area contributed by atoms with E-state index in [0.29, 0.717) is 5.56 Å². The first kappa shape index (κ1) is 19.3. The first-order valence-corrected chi connectivity index (χ1v) is 8.46. The number of ether oxygens (including phenoxy) is 1. The second kappa shape index (κ2) is 9.49. The second-order valence-corrected chi connectivity index (χ2v) is 6.11. The standard InChI is InChI=1S/C16H10O8S2/c17-13(18)25-15(20)23-24-16(21)26-14(19)22-12-9-5-4-8-11(12)10-6-2-1-3-7-10/h1-9H,(H,17,18). The summed E-state index contributed by atoms with van der Waals surface area (Å²) in [6, 6.07) is 15.9. The molecule has 26 heavy (non-hydrogen) atoms. The summed E-state index contributed by atoms with van der Waals surface area (Å²) >= 11 is -0.227. The van der Waals surface area contributed by atoms with E-state index >= 15 is 0 Å². The van der Waals surface area contributed by atoms with Gasteiger partial charge in [0.2, 0.25) is 0 Å². The Balaban J connectivity index is 1.93. The molecule has 0 bridgehead atoms. The van der Waals surface area contributed by atoms with Crippen LogP contribution in [0.2, 0.25) is 0 Å². The summed E-state index contributed by atoms with van der Waals surface area (Å²) in [4.78, 5) is 52.3. The molecule has 2 aromatic rings. The zero-order chi connectivity index (χ0) is 18.9. The summed E-state index contributed by atoms with van der Waals surface area (Å²) in [5.41, 5.74) is 1.45. The van der Waals surface area contributed by atoms with Gasteiger partial charge in [-0.15, -0.1) is 0 Å². The lowest BCUT2D eigenvalue weighted by Crippen LogP contribution is -2.10. The minimum Gasteiger partial charge on any atom is -0.473 e. The van der Waals surface area contributed by atoms with Gasteiger partial charge in [-0.1, -0.05) is 48.5 Å². The van der Waals surface area contributed by atoms with E-state index in [0.717, 1.165) is 5.56 Å². The molecule has 0 aromatic heterocycles. The summed E-state index contributed by atoms with van der Waals surface area (Å²) in [7, 11) is 0. The number of benzene rings is 2. The predicted octanol–water partition coefficient (Wildman–Crippen LogP) is 5.19. The van der Waals surface area contributed by atoms with Gasteiger partial charge in [-0.25, -0.2) is 29.0 Å². The van der Waals surface area contributed by atoms with E-state index in [1.54, 1.807) is 24.3 Å². The van der Waals surface area contributed by atoms with E-state index in [4.69, 9.17) is 9.84 Å². The van der Waals surface area contributed by atoms with Crippen molar-refractivity contribution in [2.24, 2.45) is 0 Å². The maximum atomic E-state index is 11.8. The van der Waals surface area contributed by atoms with Gasteiger partial charge in [-0.05, 0) is 11.6 Å². The van der Waals surface area contributed by atoms with E-state index in [1.165, 1.54) is 0 Å². The highest BCUT2D eigenvalue weighted by Crippen LogP contribution is 2.30. The maximum absolute atomic E-state index is 11.8. The molecule has 2 rings (SSSR count). The van der Waals surface area contributed by atoms with Crippen LogP contribution in [0.5, 0.6) is 5.75 Å². The Morgan fingerprint density at radius 1 is 0.731 bits per heavy atom. The smallest absolute Gasteiger partial charge is 0.424 e. The molecule has 10 heteroatoms. The number of carboxylic acid groups (broad SMARTS) is 1. The van der Waals surface area contributed by atoms with Crippen molar-refractivity contribution in [2.45, 2.75) is 0 Å². The Labute approximate surface area is 155 Å². The van der Waals surface area contributed by atoms with Crippen molar-refractivity contribution in [1.29, 1.82) is 0 Å². The van der Waals surface area contributed by atoms with Crippen LogP contribution in [0.4, 0.5) is 19.2 Å². The van der Waals surface area contributed by atoms with Crippen LogP contribution in [-0.2, 0) is 9.78 Å². The lowest BCUT2D eigenvalue weighted by molar-refractivity contribution is -0.158. The van der Waals surface area contributed by atoms with Crippen molar-refractivity contribution in [1.82, 2.24) is 0 Å². The van der Waals surface area contributed by atoms with Crippen molar-refractivity contribution in [2.75, 3.05) is 0 Å². The molecule has 0 atom stereocenters. The molecule has 0 unspecified atom stereocenters. The van der Waals surface area contributed by atoms with Gasteiger partial charge in [0.05, 0.1) is 23.5 Å². The minimum absolute atomic E-state index is 0.00301. The highest BCUT2D eigenvalue weighted by molar-refractivity contribution is 8.25. The van der Waals surface area contributed by atoms with E-state index in [-0.39, 0.29) is 29.3 Å². The van der Waals surface area contributed by atoms with Gasteiger partial charge < -0.3 is 9.84 Å². The van der Waals surface area contributed by atoms with Gasteiger partial charge in [0.15, 0.2) is 0 Å². The van der Waals surface area contributed by atoms with Crippen molar-refractivity contribution < 1.29 is 38.8 Å². The number of rotatable bonds is 2. The van der Waals surface area contributed by atoms with Crippen molar-refractivity contribution >= 4 is 44.7 Å². The van der Waals surface area contributed by atoms with Crippen molar-refractivity contribution in [3.05, 3.63) is 54.6 Å². The Bertz CT molecular complexity index is 822. The molecule has 0 aliphatic rings. The highest BCUT2D eigenvalue weighted by atomic mass is 32.2. The fraction of sp³-hybridized carbons (Fsp3) is 0. The third-order valence-corrected chi connectivity index (χ3v) is 3.57. The monoisotopic (exact) mass is 394 g/mol. The average Bonchev–Trinajstić information content (AvgIpc) is 2.60. The van der Waals surface area contributed by atoms with E-state index in [9.17, 15) is 19.2 Å². The lowest BCUT2D eigenvalue weighted by Gasteiger charge is -2.09. The summed E-state index contributed by atoms with van der Waals surface area (Å²) in [5.74, 6) is 0.224. The van der Waals surface area contributed by atoms with Crippen molar-refractivity contribution in [3.8, 4) is 16.9 Å². The minimum atomic E-state index is -1.53. The number of hydrogen-bond donors (Lipinski definition) is 1. The highest BCUT2D eigenvalue weighted by Gasteiger charge is 2.20. The molecule has 134 valence electrons. The van der Waals surface area contributed by atoms with Crippen LogP contribution < -0.4 is 4.74 Å². The van der Waals surface area contributed by atoms with Gasteiger partial charge >= 0.3 is 21.2 Å². The topological polar surface area (TPSA) is 116 Å². The molecule has 0 aliphatic carbocycles. The quantitative estimate of drug-likeness (QED) is 0.414. The number of para-hydroxylation sites is 1. The molecule has 0 radical (unpaired) electrons. The van der Waals surface area contributed by atoms with Crippen LogP contribution in [0.25, 0.3) is 11.1 Å². The van der Waals surface area contributed by atoms with Gasteiger partial charge in [-0.3, -0.25) is 0 Å². The first-order chi connectivity index (χ1) is 12.5. The largest absolute Gasteiger partial charge is 0.473 e. The molecule has 0 spiro atoms. The Kier molecular flexibility index (Phi) is 7.06. The number of carbonyl (C=O) groups excluding carboxylic acids is 3. The molecule has 0 saturated heterocycles. The molecular weight excluding hydrogens is 384 g/mol. The number of hydrogen-bond acceptors (Lipinski definition) is 9. The van der Waals surface area contributed by atoms with Crippen LogP contribution in [-0.4, -0.2) is 26.3 Å². The number of thioether (sulfide) groups is 2. The van der Waals surface area contributed by atoms with Crippen LogP contribution >= 0.6 is 23.5 Å². The first-order valence-electron chi connectivity index (χ1n) is 6.83. The lowest BCUT2D eigenvalue weighted by atomic mass is 10.1. The molecule has 0 heterocycles. The average molecular weight is 394 g/mol. The number of carbonyl (C=O) groups is 4. The summed E-state index contributed by atoms with van der Waals surface area (Å²) in [6.07, 6.45) is 0. The van der Waals surface area contributed by atoms with Gasteiger partial charge in [0.25, 0.3) is 0 Å². The van der Waals surface area contributed by atoms with Crippen molar-refractivity contribution in [3.63, 3.8) is 0 Å². The molecule has 0 aliphatic heterocycles. The van der Waals surface area contributed by atoms with E-state index in [2.05, 4.69) is 9.78 Å². The normalized spacial score (nSPS) is 9.85. The Morgan fingerprint density at radius 3 is 1.96 bits per heavy atom. The van der Waals surface area contributed by atoms with Gasteiger partial charge in [-0.2, -0.15) is 0 Å². The fourth-order valence-electron chi connectivity index (χ4n) is 1.76. The third kappa shape index (κ3) is 6.15. The zero-order valence-electron chi connectivity index (χ0n) is 12.8. The molecule has 1 N–H and O–H groups in total. The maximum Gasteiger partial charge on any atom is 0.424 e. The van der Waals surface area contributed by atoms with Crippen LogP contribution in [0, 0.1) is 0 Å². The van der Waals surface area contributed by atoms with E-state index < -0.39 is 21.2 Å². The SMILES string of the molecule is O=C(O)SC(=O)OOC(=O)SC(=O)Oc1ccccc1-c1ccccc1. The molecule has 0 saturated carbocycles. The zero-order valence-corrected chi connectivity index (χ0v) is 14.5. The molecule has 2 aromatic carbocycles. The Morgan fingerprint density at radius 2 is 1.31 bits per heavy atom. The predicted molar refractivity (Wildman–Crippen MR) is 94.1 cm³/mol. The molecule has 0 amide bonds. The van der Waals surface area contributed by atoms with E-state index in [1.807, 2.05) is 30.3 Å². The fourth-order valence-corrected chi connectivity index (χ4v) is 2.31. The summed E-state index contributed by atoms with van der Waals surface area (Å²) in [6.45, 7) is 0. The van der Waals surface area contributed by atoms with Crippen LogP contribution in [0.15, 0.2) is 54.6 Å². The third-order valence-electron chi connectivity index (χ3n) is 2.68. The summed E-state index contributed by atoms with van der Waals surface area (Å²) < 4.78 is 5.13. The molecule has 8 nitrogen and oxygen atoms in total. The Hall–Kier alpha value is -2.98. The molecule has 0 fully saturated rings. The van der Waals surface area contributed by atoms with Gasteiger partial charge in [0.1, 0.15) is 5.75 Å².